The normalized spacial score (nSPS) is 11.0. The molecule has 0 aliphatic carbocycles. The monoisotopic (exact) mass is 309 g/mol. The topological polar surface area (TPSA) is 79.5 Å². The van der Waals surface area contributed by atoms with Crippen molar-refractivity contribution in [1.82, 2.24) is 15.0 Å². The lowest BCUT2D eigenvalue weighted by atomic mass is 10.2. The highest BCUT2D eigenvalue weighted by Crippen LogP contribution is 2.25. The molecule has 0 spiro atoms. The van der Waals surface area contributed by atoms with E-state index in [0.29, 0.717) is 41.9 Å². The molecule has 0 unspecified atom stereocenters. The van der Waals surface area contributed by atoms with Gasteiger partial charge in [0, 0.05) is 6.54 Å². The summed E-state index contributed by atoms with van der Waals surface area (Å²) in [6.45, 7) is 3.56. The van der Waals surface area contributed by atoms with Gasteiger partial charge in [-0.2, -0.15) is 4.98 Å². The van der Waals surface area contributed by atoms with E-state index in [9.17, 15) is 4.79 Å². The molecule has 0 amide bonds. The minimum absolute atomic E-state index is 0.0864. The van der Waals surface area contributed by atoms with E-state index in [2.05, 4.69) is 10.1 Å². The number of hydrogen-bond donors (Lipinski definition) is 1. The van der Waals surface area contributed by atoms with Crippen molar-refractivity contribution >= 4 is 17.6 Å². The summed E-state index contributed by atoms with van der Waals surface area (Å²) in [6.07, 6.45) is 0.0864. The molecule has 0 fully saturated rings. The van der Waals surface area contributed by atoms with Crippen molar-refractivity contribution in [3.63, 3.8) is 0 Å². The Bertz CT molecular complexity index is 615. The highest BCUT2D eigenvalue weighted by Gasteiger charge is 2.14. The van der Waals surface area contributed by atoms with Crippen LogP contribution in [0.3, 0.4) is 0 Å². The maximum Gasteiger partial charge on any atom is 0.304 e. The average Bonchev–Trinajstić information content (AvgIpc) is 2.92. The summed E-state index contributed by atoms with van der Waals surface area (Å²) in [5, 5.41) is 13.2. The molecule has 7 heteroatoms. The number of rotatable bonds is 7. The molecule has 0 bridgehead atoms. The molecule has 1 aromatic carbocycles. The van der Waals surface area contributed by atoms with E-state index in [1.807, 2.05) is 30.0 Å². The molecule has 1 N–H and O–H groups in total. The molecular weight excluding hydrogens is 294 g/mol. The van der Waals surface area contributed by atoms with Crippen LogP contribution in [0.4, 0.5) is 0 Å². The fourth-order valence-electron chi connectivity index (χ4n) is 1.86. The van der Waals surface area contributed by atoms with Gasteiger partial charge in [0.05, 0.1) is 23.6 Å². The van der Waals surface area contributed by atoms with Gasteiger partial charge in [0.25, 0.3) is 5.89 Å². The molecule has 0 saturated heterocycles. The Morgan fingerprint density at radius 3 is 2.86 bits per heavy atom. The Morgan fingerprint density at radius 1 is 1.43 bits per heavy atom. The lowest BCUT2D eigenvalue weighted by Crippen LogP contribution is -2.26. The van der Waals surface area contributed by atoms with E-state index in [1.54, 1.807) is 6.07 Å². The highest BCUT2D eigenvalue weighted by atomic mass is 35.5. The van der Waals surface area contributed by atoms with Gasteiger partial charge in [-0.05, 0) is 18.7 Å². The number of benzene rings is 1. The van der Waals surface area contributed by atoms with Crippen LogP contribution in [-0.4, -0.2) is 39.2 Å². The van der Waals surface area contributed by atoms with E-state index in [-0.39, 0.29) is 6.42 Å². The third kappa shape index (κ3) is 4.27. The largest absolute Gasteiger partial charge is 0.481 e. The van der Waals surface area contributed by atoms with Crippen molar-refractivity contribution in [2.45, 2.75) is 19.9 Å². The molecular formula is C14H16ClN3O3. The van der Waals surface area contributed by atoms with Crippen molar-refractivity contribution in [3.8, 4) is 11.5 Å². The molecule has 1 aromatic heterocycles. The quantitative estimate of drug-likeness (QED) is 0.847. The molecule has 1 heterocycles. The number of halogens is 1. The number of aromatic nitrogens is 2. The van der Waals surface area contributed by atoms with Gasteiger partial charge in [-0.15, -0.1) is 0 Å². The van der Waals surface area contributed by atoms with Crippen molar-refractivity contribution in [2.24, 2.45) is 0 Å². The van der Waals surface area contributed by atoms with Gasteiger partial charge in [0.2, 0.25) is 0 Å². The van der Waals surface area contributed by atoms with Crippen LogP contribution in [0.5, 0.6) is 0 Å². The number of carboxylic acid groups (broad SMARTS) is 1. The second-order valence-electron chi connectivity index (χ2n) is 4.51. The number of carbonyl (C=O) groups is 1. The first kappa shape index (κ1) is 15.5. The van der Waals surface area contributed by atoms with Crippen molar-refractivity contribution in [3.05, 3.63) is 35.1 Å². The summed E-state index contributed by atoms with van der Waals surface area (Å²) >= 11 is 6.08. The number of nitrogens with zero attached hydrogens (tertiary/aromatic N) is 3. The van der Waals surface area contributed by atoms with Gasteiger partial charge in [-0.25, -0.2) is 0 Å². The van der Waals surface area contributed by atoms with Crippen LogP contribution in [0, 0.1) is 0 Å². The van der Waals surface area contributed by atoms with Gasteiger partial charge >= 0.3 is 5.97 Å². The van der Waals surface area contributed by atoms with E-state index in [1.165, 1.54) is 0 Å². The Labute approximate surface area is 127 Å². The molecule has 0 aliphatic heterocycles. The second-order valence-corrected chi connectivity index (χ2v) is 4.92. The Balaban J connectivity index is 2.06. The molecule has 112 valence electrons. The zero-order chi connectivity index (χ0) is 15.2. The summed E-state index contributed by atoms with van der Waals surface area (Å²) in [5.41, 5.74) is 0.687. The molecule has 21 heavy (non-hydrogen) atoms. The fraction of sp³-hybridized carbons (Fsp3) is 0.357. The zero-order valence-corrected chi connectivity index (χ0v) is 12.4. The average molecular weight is 310 g/mol. The van der Waals surface area contributed by atoms with Crippen molar-refractivity contribution in [2.75, 3.05) is 13.1 Å². The van der Waals surface area contributed by atoms with Crippen LogP contribution < -0.4 is 0 Å². The van der Waals surface area contributed by atoms with Crippen LogP contribution in [0.25, 0.3) is 11.5 Å². The SMILES string of the molecule is CCN(CCC(=O)O)Cc1noc(-c2ccccc2Cl)n1. The molecule has 0 radical (unpaired) electrons. The highest BCUT2D eigenvalue weighted by molar-refractivity contribution is 6.33. The number of carboxylic acids is 1. The van der Waals surface area contributed by atoms with Crippen LogP contribution >= 0.6 is 11.6 Å². The van der Waals surface area contributed by atoms with Crippen LogP contribution in [0.1, 0.15) is 19.2 Å². The Morgan fingerprint density at radius 2 is 2.19 bits per heavy atom. The third-order valence-corrected chi connectivity index (χ3v) is 3.36. The summed E-state index contributed by atoms with van der Waals surface area (Å²) in [7, 11) is 0. The lowest BCUT2D eigenvalue weighted by Gasteiger charge is -2.16. The Kier molecular flexibility index (Phi) is 5.30. The standard InChI is InChI=1S/C14H16ClN3O3/c1-2-18(8-7-13(19)20)9-12-16-14(21-17-12)10-5-3-4-6-11(10)15/h3-6H,2,7-9H2,1H3,(H,19,20). The van der Waals surface area contributed by atoms with Gasteiger partial charge in [0.1, 0.15) is 0 Å². The van der Waals surface area contributed by atoms with Crippen LogP contribution in [0.2, 0.25) is 5.02 Å². The van der Waals surface area contributed by atoms with E-state index >= 15 is 0 Å². The molecule has 2 aromatic rings. The van der Waals surface area contributed by atoms with Crippen LogP contribution in [-0.2, 0) is 11.3 Å². The maximum atomic E-state index is 10.6. The molecule has 6 nitrogen and oxygen atoms in total. The predicted octanol–water partition coefficient (Wildman–Crippen LogP) is 2.69. The van der Waals surface area contributed by atoms with E-state index in [0.717, 1.165) is 0 Å². The van der Waals surface area contributed by atoms with Crippen LogP contribution in [0.15, 0.2) is 28.8 Å². The van der Waals surface area contributed by atoms with Crippen molar-refractivity contribution in [1.29, 1.82) is 0 Å². The van der Waals surface area contributed by atoms with Crippen molar-refractivity contribution < 1.29 is 14.4 Å². The number of hydrogen-bond acceptors (Lipinski definition) is 5. The van der Waals surface area contributed by atoms with Gasteiger partial charge < -0.3 is 9.63 Å². The summed E-state index contributed by atoms with van der Waals surface area (Å²) in [6, 6.07) is 7.23. The minimum atomic E-state index is -0.821. The first-order chi connectivity index (χ1) is 10.1. The Hall–Kier alpha value is -1.92. The summed E-state index contributed by atoms with van der Waals surface area (Å²) in [4.78, 5) is 16.9. The summed E-state index contributed by atoms with van der Waals surface area (Å²) in [5.74, 6) is 0.0559. The van der Waals surface area contributed by atoms with Gasteiger partial charge in [-0.3, -0.25) is 9.69 Å². The van der Waals surface area contributed by atoms with Gasteiger partial charge in [0.15, 0.2) is 5.82 Å². The zero-order valence-electron chi connectivity index (χ0n) is 11.6. The molecule has 0 aliphatic rings. The van der Waals surface area contributed by atoms with Gasteiger partial charge in [-0.1, -0.05) is 35.8 Å². The minimum Gasteiger partial charge on any atom is -0.481 e. The smallest absolute Gasteiger partial charge is 0.304 e. The third-order valence-electron chi connectivity index (χ3n) is 3.03. The lowest BCUT2D eigenvalue weighted by molar-refractivity contribution is -0.137. The first-order valence-electron chi connectivity index (χ1n) is 6.61. The molecule has 0 atom stereocenters. The molecule has 2 rings (SSSR count). The second kappa shape index (κ2) is 7.19. The summed E-state index contributed by atoms with van der Waals surface area (Å²) < 4.78 is 5.21. The number of aliphatic carboxylic acids is 1. The van der Waals surface area contributed by atoms with E-state index in [4.69, 9.17) is 21.2 Å². The molecule has 0 saturated carbocycles. The first-order valence-corrected chi connectivity index (χ1v) is 6.99. The maximum absolute atomic E-state index is 10.6. The predicted molar refractivity (Wildman–Crippen MR) is 77.9 cm³/mol. The fourth-order valence-corrected chi connectivity index (χ4v) is 2.08. The van der Waals surface area contributed by atoms with E-state index < -0.39 is 5.97 Å².